The van der Waals surface area contributed by atoms with Gasteiger partial charge in [0.05, 0.1) is 71.0 Å². The Kier molecular flexibility index (Phi) is 18.1. The number of carbonyl (C=O) groups excluding carboxylic acids is 2. The molecule has 4 aliphatic heterocycles. The fourth-order valence-electron chi connectivity index (χ4n) is 12.0. The molecule has 22 nitrogen and oxygen atoms in total. The lowest BCUT2D eigenvalue weighted by atomic mass is 9.78. The Bertz CT molecular complexity index is 3910. The van der Waals surface area contributed by atoms with E-state index in [4.69, 9.17) is 28.5 Å². The quantitative estimate of drug-likeness (QED) is 0.0854. The van der Waals surface area contributed by atoms with Gasteiger partial charge in [-0.05, 0) is 125 Å². The molecule has 0 radical (unpaired) electrons. The number of likely N-dealkylation sites (tertiary alicyclic amines) is 2. The number of nitrogens with one attached hydrogen (secondary N) is 5. The fourth-order valence-corrected chi connectivity index (χ4v) is 14.1. The molecule has 4 aliphatic rings. The van der Waals surface area contributed by atoms with E-state index in [0.717, 1.165) is 94.8 Å². The van der Waals surface area contributed by atoms with Crippen LogP contribution in [0.4, 0.5) is 11.4 Å². The molecule has 0 aliphatic carbocycles. The van der Waals surface area contributed by atoms with Crippen LogP contribution in [0.3, 0.4) is 0 Å². The summed E-state index contributed by atoms with van der Waals surface area (Å²) in [4.78, 5) is 31.8. The molecule has 0 spiro atoms. The number of amides is 2. The molecule has 8 aromatic rings. The van der Waals surface area contributed by atoms with Crippen LogP contribution in [0.1, 0.15) is 95.2 Å². The number of anilines is 2. The van der Waals surface area contributed by atoms with E-state index >= 15 is 0 Å². The SMILES string of the molecule is CC(=O)N1CCC(c2cccc3[nH]ncc23)CC1(C)C.CC(C)(O)C(=O)N1CCC(c2cc(Cl)cc3[nH]ncc23)CC1.CS(=O)(=O)N1CCN(c2cc(C#N)cc3[nH]ncc23)CC1.CS(=O)(=O)NC1CCN(c2cc(Cl)cc3[nH]ncc23)C1. The maximum atomic E-state index is 12.1. The number of piperazine rings is 1. The van der Waals surface area contributed by atoms with Gasteiger partial charge in [0, 0.05) is 120 Å². The number of fused-ring (bicyclic) bond motifs is 4. The third-order valence-corrected chi connectivity index (χ3v) is 18.4. The van der Waals surface area contributed by atoms with Crippen molar-refractivity contribution in [3.63, 3.8) is 0 Å². The zero-order valence-corrected chi connectivity index (χ0v) is 50.7. The van der Waals surface area contributed by atoms with Crippen molar-refractivity contribution in [1.82, 2.24) is 59.6 Å². The number of aliphatic hydroxyl groups is 1. The highest BCUT2D eigenvalue weighted by molar-refractivity contribution is 7.88. The Balaban J connectivity index is 0.000000133. The van der Waals surface area contributed by atoms with E-state index in [1.807, 2.05) is 47.6 Å². The van der Waals surface area contributed by atoms with Crippen LogP contribution in [0.2, 0.25) is 10.0 Å². The monoisotopic (exact) mass is 1210 g/mol. The van der Waals surface area contributed by atoms with E-state index in [1.54, 1.807) is 30.3 Å². The Morgan fingerprint density at radius 3 is 1.80 bits per heavy atom. The molecule has 26 heteroatoms. The molecule has 4 aromatic heterocycles. The first-order valence-electron chi connectivity index (χ1n) is 27.5. The van der Waals surface area contributed by atoms with Crippen LogP contribution in [-0.2, 0) is 29.6 Å². The maximum absolute atomic E-state index is 12.1. The molecule has 4 saturated heterocycles. The number of nitrogens with zero attached hydrogens (tertiary/aromatic N) is 10. The fraction of sp³-hybridized carbons (Fsp3) is 0.456. The number of hydrogen-bond donors (Lipinski definition) is 6. The minimum Gasteiger partial charge on any atom is -0.381 e. The van der Waals surface area contributed by atoms with E-state index in [9.17, 15) is 31.5 Å². The van der Waals surface area contributed by atoms with Gasteiger partial charge in [-0.25, -0.2) is 21.6 Å². The third-order valence-electron chi connectivity index (χ3n) is 15.9. The summed E-state index contributed by atoms with van der Waals surface area (Å²) in [6.45, 7) is 14.7. The number of aromatic amines is 4. The van der Waals surface area contributed by atoms with Crippen LogP contribution < -0.4 is 14.5 Å². The van der Waals surface area contributed by atoms with Crippen molar-refractivity contribution in [2.75, 3.05) is 81.2 Å². The number of benzene rings is 4. The minimum atomic E-state index is -3.17. The average Bonchev–Trinajstić information content (AvgIpc) is 4.52. The van der Waals surface area contributed by atoms with Crippen molar-refractivity contribution in [3.8, 4) is 6.07 Å². The summed E-state index contributed by atoms with van der Waals surface area (Å²) in [5.41, 5.74) is 7.35. The number of hydrogen-bond acceptors (Lipinski definition) is 14. The van der Waals surface area contributed by atoms with Gasteiger partial charge in [-0.3, -0.25) is 30.0 Å². The minimum absolute atomic E-state index is 0.0640. The van der Waals surface area contributed by atoms with E-state index in [2.05, 4.69) is 93.4 Å². The number of carbonyl (C=O) groups is 2. The Morgan fingerprint density at radius 1 is 0.687 bits per heavy atom. The maximum Gasteiger partial charge on any atom is 0.253 e. The molecule has 442 valence electrons. The molecule has 4 aromatic carbocycles. The molecule has 0 saturated carbocycles. The third kappa shape index (κ3) is 14.4. The van der Waals surface area contributed by atoms with Crippen molar-refractivity contribution in [1.29, 1.82) is 5.26 Å². The number of nitriles is 1. The highest BCUT2D eigenvalue weighted by Gasteiger charge is 2.38. The smallest absolute Gasteiger partial charge is 0.253 e. The largest absolute Gasteiger partial charge is 0.381 e. The van der Waals surface area contributed by atoms with Crippen LogP contribution in [0.5, 0.6) is 0 Å². The molecule has 8 heterocycles. The van der Waals surface area contributed by atoms with E-state index in [1.165, 1.54) is 47.2 Å². The Labute approximate surface area is 492 Å². The predicted octanol–water partition coefficient (Wildman–Crippen LogP) is 7.62. The standard InChI is InChI=1S/C16H20ClN3O2.C16H21N3O.C13H15N5O2S.C12H15ClN4O2S/c1-16(2,22)15(21)20-5-3-10(4-6-20)12-7-11(17)8-14-13(12)9-18-19-14;1-11(20)19-8-7-12(9-16(19,2)3)13-5-4-6-15-14(13)10-17-18-15;1-21(19,20)18-4-2-17(3-5-18)13-7-10(8-14)6-12-11(13)9-15-16-12;1-20(18,19)16-9-2-3-17(7-9)12-5-8(13)4-11-10(12)6-14-15-11/h7-10,22H,3-6H2,1-2H3,(H,18,19);4-6,10,12H,7-9H2,1-3H3,(H,17,18);6-7,9H,2-5H2,1H3,(H,15,16);4-6,9,16H,2-3,7H2,1H3,(H,14,15). The second-order valence-electron chi connectivity index (χ2n) is 23.0. The second kappa shape index (κ2) is 24.8. The lowest BCUT2D eigenvalue weighted by Crippen LogP contribution is -2.51. The van der Waals surface area contributed by atoms with Crippen molar-refractivity contribution in [2.45, 2.75) is 95.7 Å². The number of rotatable bonds is 8. The van der Waals surface area contributed by atoms with Gasteiger partial charge >= 0.3 is 0 Å². The van der Waals surface area contributed by atoms with Gasteiger partial charge in [0.2, 0.25) is 26.0 Å². The summed E-state index contributed by atoms with van der Waals surface area (Å²) in [6, 6.07) is 19.6. The van der Waals surface area contributed by atoms with Gasteiger partial charge in [0.15, 0.2) is 0 Å². The summed E-state index contributed by atoms with van der Waals surface area (Å²) in [5.74, 6) is 0.812. The summed E-state index contributed by atoms with van der Waals surface area (Å²) < 4.78 is 49.8. The van der Waals surface area contributed by atoms with Gasteiger partial charge in [-0.15, -0.1) is 0 Å². The van der Waals surface area contributed by atoms with Crippen molar-refractivity contribution >= 4 is 110 Å². The van der Waals surface area contributed by atoms with Gasteiger partial charge in [-0.1, -0.05) is 35.3 Å². The molecular formula is C57H71Cl2N15O7S2. The molecule has 0 bridgehead atoms. The van der Waals surface area contributed by atoms with Crippen LogP contribution >= 0.6 is 23.2 Å². The van der Waals surface area contributed by atoms with Gasteiger partial charge in [0.1, 0.15) is 5.60 Å². The summed E-state index contributed by atoms with van der Waals surface area (Å²) in [6.07, 6.45) is 14.2. The molecule has 2 atom stereocenters. The second-order valence-corrected chi connectivity index (χ2v) is 27.6. The zero-order valence-electron chi connectivity index (χ0n) is 47.6. The lowest BCUT2D eigenvalue weighted by Gasteiger charge is -2.45. The highest BCUT2D eigenvalue weighted by atomic mass is 35.5. The van der Waals surface area contributed by atoms with Gasteiger partial charge < -0.3 is 24.7 Å². The van der Waals surface area contributed by atoms with Crippen LogP contribution in [0, 0.1) is 11.3 Å². The van der Waals surface area contributed by atoms with Gasteiger partial charge in [0.25, 0.3) is 5.91 Å². The molecule has 2 amide bonds. The number of sulfonamides is 2. The normalized spacial score (nSPS) is 19.0. The number of piperidine rings is 2. The Hall–Kier alpha value is -6.85. The molecule has 83 heavy (non-hydrogen) atoms. The summed E-state index contributed by atoms with van der Waals surface area (Å²) in [7, 11) is -6.31. The topological polar surface area (TPSA) is 289 Å². The van der Waals surface area contributed by atoms with Crippen molar-refractivity contribution < 1.29 is 31.5 Å². The molecule has 2 unspecified atom stereocenters. The number of halogens is 2. The first-order chi connectivity index (χ1) is 39.3. The van der Waals surface area contributed by atoms with E-state index in [0.29, 0.717) is 73.3 Å². The summed E-state index contributed by atoms with van der Waals surface area (Å²) >= 11 is 12.3. The van der Waals surface area contributed by atoms with Crippen LogP contribution in [0.15, 0.2) is 79.4 Å². The Morgan fingerprint density at radius 2 is 1.23 bits per heavy atom. The predicted molar refractivity (Wildman–Crippen MR) is 325 cm³/mol. The van der Waals surface area contributed by atoms with Crippen LogP contribution in [0.25, 0.3) is 43.6 Å². The lowest BCUT2D eigenvalue weighted by molar-refractivity contribution is -0.149. The molecule has 6 N–H and O–H groups in total. The summed E-state index contributed by atoms with van der Waals surface area (Å²) in [5, 5.41) is 52.6. The first-order valence-corrected chi connectivity index (χ1v) is 32.0. The highest BCUT2D eigenvalue weighted by Crippen LogP contribution is 2.40. The number of H-pyrrole nitrogens is 4. The van der Waals surface area contributed by atoms with Crippen LogP contribution in [-0.4, -0.2) is 177 Å². The molecule has 4 fully saturated rings. The average molecular weight is 1210 g/mol. The first kappa shape index (κ1) is 60.7. The van der Waals surface area contributed by atoms with Gasteiger partial charge in [-0.2, -0.15) is 30.0 Å². The van der Waals surface area contributed by atoms with Crippen molar-refractivity contribution in [3.05, 3.63) is 106 Å². The van der Waals surface area contributed by atoms with E-state index < -0.39 is 25.6 Å². The molecule has 12 rings (SSSR count). The van der Waals surface area contributed by atoms with Crippen molar-refractivity contribution in [2.24, 2.45) is 0 Å². The zero-order chi connectivity index (χ0) is 59.6. The van der Waals surface area contributed by atoms with E-state index in [-0.39, 0.29) is 23.4 Å². The number of aromatic nitrogens is 8. The molecular weight excluding hydrogens is 1140 g/mol.